The van der Waals surface area contributed by atoms with Crippen LogP contribution in [0.2, 0.25) is 0 Å². The summed E-state index contributed by atoms with van der Waals surface area (Å²) in [6, 6.07) is 0. The van der Waals surface area contributed by atoms with Crippen molar-refractivity contribution in [3.63, 3.8) is 0 Å². The fraction of sp³-hybridized carbons (Fsp3) is 0.333. The Labute approximate surface area is 75.3 Å². The van der Waals surface area contributed by atoms with Gasteiger partial charge in [0.05, 0.1) is 0 Å². The molecule has 0 saturated heterocycles. The van der Waals surface area contributed by atoms with Gasteiger partial charge in [-0.1, -0.05) is 5.92 Å². The summed E-state index contributed by atoms with van der Waals surface area (Å²) >= 11 is 2.90. The quantitative estimate of drug-likeness (QED) is 0.536. The number of rotatable bonds is 2. The third-order valence-electron chi connectivity index (χ3n) is 0.783. The lowest BCUT2D eigenvalue weighted by molar-refractivity contribution is 0.290. The Morgan fingerprint density at radius 1 is 1.09 bits per heavy atom. The van der Waals surface area contributed by atoms with Crippen LogP contribution in [-0.4, -0.2) is 11.7 Å². The second-order valence-corrected chi connectivity index (χ2v) is 1.99. The standard InChI is InChI=1S/C9H7BrO/c10-8-6-4-2-1-3-5-7-9-11/h11H,5,7,9H2. The van der Waals surface area contributed by atoms with Crippen molar-refractivity contribution in [3.8, 4) is 34.4 Å². The first-order chi connectivity index (χ1) is 5.41. The highest BCUT2D eigenvalue weighted by Gasteiger charge is 1.74. The average molecular weight is 211 g/mol. The largest absolute Gasteiger partial charge is 0.396 e. The molecule has 11 heavy (non-hydrogen) atoms. The molecule has 0 aromatic heterocycles. The van der Waals surface area contributed by atoms with Gasteiger partial charge in [-0.25, -0.2) is 0 Å². The minimum Gasteiger partial charge on any atom is -0.396 e. The van der Waals surface area contributed by atoms with Crippen molar-refractivity contribution >= 4 is 15.9 Å². The van der Waals surface area contributed by atoms with E-state index in [0.717, 1.165) is 0 Å². The molecule has 0 amide bonds. The predicted octanol–water partition coefficient (Wildman–Crippen LogP) is 1.12. The molecule has 0 aliphatic heterocycles. The molecule has 56 valence electrons. The molecule has 0 spiro atoms. The summed E-state index contributed by atoms with van der Waals surface area (Å²) in [5, 5.41) is 8.37. The van der Waals surface area contributed by atoms with Gasteiger partial charge in [0.25, 0.3) is 0 Å². The zero-order valence-corrected chi connectivity index (χ0v) is 7.53. The van der Waals surface area contributed by atoms with E-state index in [2.05, 4.69) is 50.4 Å². The number of aliphatic hydroxyl groups excluding tert-OH is 1. The second kappa shape index (κ2) is 9.12. The van der Waals surface area contributed by atoms with Crippen LogP contribution in [0.15, 0.2) is 0 Å². The monoisotopic (exact) mass is 210 g/mol. The molecule has 0 atom stereocenters. The van der Waals surface area contributed by atoms with E-state index in [9.17, 15) is 0 Å². The first kappa shape index (κ1) is 10.1. The highest BCUT2D eigenvalue weighted by atomic mass is 79.9. The zero-order chi connectivity index (χ0) is 8.36. The van der Waals surface area contributed by atoms with Gasteiger partial charge in [0.15, 0.2) is 0 Å². The van der Waals surface area contributed by atoms with E-state index in [0.29, 0.717) is 12.8 Å². The number of hydrogen-bond donors (Lipinski definition) is 1. The summed E-state index contributed by atoms with van der Waals surface area (Å²) < 4.78 is 0. The Kier molecular flexibility index (Phi) is 8.39. The Morgan fingerprint density at radius 2 is 1.82 bits per heavy atom. The van der Waals surface area contributed by atoms with E-state index >= 15 is 0 Å². The lowest BCUT2D eigenvalue weighted by Gasteiger charge is -1.80. The zero-order valence-electron chi connectivity index (χ0n) is 5.95. The molecule has 0 fully saturated rings. The van der Waals surface area contributed by atoms with Gasteiger partial charge in [-0.2, -0.15) is 0 Å². The van der Waals surface area contributed by atoms with Gasteiger partial charge < -0.3 is 5.11 Å². The molecule has 0 bridgehead atoms. The Bertz CT molecular complexity index is 261. The minimum absolute atomic E-state index is 0.184. The number of unbranched alkanes of at least 4 members (excludes halogenated alkanes) is 1. The maximum atomic E-state index is 8.37. The molecule has 1 nitrogen and oxygen atoms in total. The normalized spacial score (nSPS) is 6.00. The average Bonchev–Trinajstić information content (AvgIpc) is 2.03. The minimum atomic E-state index is 0.184. The molecular weight excluding hydrogens is 204 g/mol. The molecule has 0 rings (SSSR count). The lowest BCUT2D eigenvalue weighted by atomic mass is 10.3. The van der Waals surface area contributed by atoms with Gasteiger partial charge in [-0.3, -0.25) is 0 Å². The van der Waals surface area contributed by atoms with Crippen LogP contribution in [0.25, 0.3) is 0 Å². The van der Waals surface area contributed by atoms with E-state index < -0.39 is 0 Å². The van der Waals surface area contributed by atoms with Gasteiger partial charge in [-0.05, 0) is 34.9 Å². The second-order valence-electron chi connectivity index (χ2n) is 1.60. The summed E-state index contributed by atoms with van der Waals surface area (Å²) in [7, 11) is 0. The van der Waals surface area contributed by atoms with Gasteiger partial charge >= 0.3 is 0 Å². The summed E-state index contributed by atoms with van der Waals surface area (Å²) in [6.45, 7) is 0.184. The topological polar surface area (TPSA) is 20.2 Å². The molecule has 0 aromatic rings. The van der Waals surface area contributed by atoms with Crippen molar-refractivity contribution in [2.24, 2.45) is 0 Å². The molecule has 1 N–H and O–H groups in total. The van der Waals surface area contributed by atoms with Crippen LogP contribution in [0.5, 0.6) is 0 Å². The van der Waals surface area contributed by atoms with E-state index in [-0.39, 0.29) is 6.61 Å². The fourth-order valence-electron chi connectivity index (χ4n) is 0.360. The van der Waals surface area contributed by atoms with E-state index in [1.54, 1.807) is 0 Å². The van der Waals surface area contributed by atoms with Crippen LogP contribution < -0.4 is 0 Å². The smallest absolute Gasteiger partial charge is 0.0440 e. The molecule has 2 heteroatoms. The third-order valence-corrected chi connectivity index (χ3v) is 0.981. The van der Waals surface area contributed by atoms with Gasteiger partial charge in [-0.15, -0.1) is 0 Å². The maximum absolute atomic E-state index is 8.37. The molecule has 0 heterocycles. The van der Waals surface area contributed by atoms with Crippen molar-refractivity contribution < 1.29 is 5.11 Å². The molecular formula is C9H7BrO. The van der Waals surface area contributed by atoms with Crippen LogP contribution in [0, 0.1) is 34.4 Å². The van der Waals surface area contributed by atoms with Crippen LogP contribution in [0.4, 0.5) is 0 Å². The highest BCUT2D eigenvalue weighted by Crippen LogP contribution is 1.81. The fourth-order valence-corrected chi connectivity index (χ4v) is 0.459. The van der Waals surface area contributed by atoms with Crippen molar-refractivity contribution in [1.29, 1.82) is 0 Å². The number of halogens is 1. The summed E-state index contributed by atoms with van der Waals surface area (Å²) in [5.41, 5.74) is 0. The first-order valence-electron chi connectivity index (χ1n) is 3.11. The third kappa shape index (κ3) is 9.12. The Hall–Kier alpha value is -0.880. The van der Waals surface area contributed by atoms with Crippen LogP contribution in [0.1, 0.15) is 12.8 Å². The maximum Gasteiger partial charge on any atom is 0.0440 e. The number of hydrogen-bond acceptors (Lipinski definition) is 1. The summed E-state index contributed by atoms with van der Waals surface area (Å²) in [4.78, 5) is 2.45. The molecule has 0 aliphatic carbocycles. The molecule has 0 aliphatic rings. The lowest BCUT2D eigenvalue weighted by Crippen LogP contribution is -1.77. The first-order valence-corrected chi connectivity index (χ1v) is 3.90. The molecule has 0 radical (unpaired) electrons. The van der Waals surface area contributed by atoms with Gasteiger partial charge in [0.1, 0.15) is 0 Å². The Balaban J connectivity index is 3.54. The number of aliphatic hydroxyl groups is 1. The predicted molar refractivity (Wildman–Crippen MR) is 48.6 cm³/mol. The highest BCUT2D eigenvalue weighted by molar-refractivity contribution is 9.12. The molecule has 0 saturated carbocycles. The van der Waals surface area contributed by atoms with E-state index in [4.69, 9.17) is 5.11 Å². The van der Waals surface area contributed by atoms with Crippen molar-refractivity contribution in [2.75, 3.05) is 6.61 Å². The summed E-state index contributed by atoms with van der Waals surface area (Å²) in [6.07, 6.45) is 1.39. The van der Waals surface area contributed by atoms with Crippen molar-refractivity contribution in [2.45, 2.75) is 12.8 Å². The van der Waals surface area contributed by atoms with Crippen LogP contribution in [-0.2, 0) is 0 Å². The SMILES string of the molecule is OCCCC#CC#CC#CBr. The molecule has 0 aromatic carbocycles. The van der Waals surface area contributed by atoms with E-state index in [1.807, 2.05) is 0 Å². The van der Waals surface area contributed by atoms with Gasteiger partial charge in [0, 0.05) is 29.0 Å². The van der Waals surface area contributed by atoms with Crippen LogP contribution in [0.3, 0.4) is 0 Å². The van der Waals surface area contributed by atoms with Crippen molar-refractivity contribution in [3.05, 3.63) is 0 Å². The molecule has 0 unspecified atom stereocenters. The van der Waals surface area contributed by atoms with Crippen LogP contribution >= 0.6 is 15.9 Å². The van der Waals surface area contributed by atoms with E-state index in [1.165, 1.54) is 0 Å². The Morgan fingerprint density at radius 3 is 2.45 bits per heavy atom. The summed E-state index contributed by atoms with van der Waals surface area (Å²) in [5.74, 6) is 12.9. The van der Waals surface area contributed by atoms with Crippen molar-refractivity contribution in [1.82, 2.24) is 0 Å². The van der Waals surface area contributed by atoms with Gasteiger partial charge in [0.2, 0.25) is 0 Å².